The van der Waals surface area contributed by atoms with E-state index in [1.807, 2.05) is 0 Å². The number of pyridine rings is 1. The molecule has 0 unspecified atom stereocenters. The molecule has 3 aromatic heterocycles. The Morgan fingerprint density at radius 2 is 2.17 bits per heavy atom. The van der Waals surface area contributed by atoms with Crippen molar-refractivity contribution < 1.29 is 22.7 Å². The molecular weight excluding hydrogens is 326 g/mol. The number of ether oxygens (including phenoxy) is 1. The zero-order valence-corrected chi connectivity index (χ0v) is 12.2. The van der Waals surface area contributed by atoms with Crippen molar-refractivity contribution in [1.29, 1.82) is 0 Å². The maximum atomic E-state index is 12.4. The Hall–Kier alpha value is -3.30. The van der Waals surface area contributed by atoms with Crippen LogP contribution in [-0.4, -0.2) is 27.5 Å². The van der Waals surface area contributed by atoms with E-state index in [1.165, 1.54) is 25.4 Å². The molecule has 3 rings (SSSR count). The predicted molar refractivity (Wildman–Crippen MR) is 78.2 cm³/mol. The van der Waals surface area contributed by atoms with Crippen molar-refractivity contribution in [2.24, 2.45) is 0 Å². The monoisotopic (exact) mass is 336 g/mol. The molecule has 1 amide bonds. The standard InChI is InChI=1S/C14H10F2N4O4/c1-6-9(10-11(21)18-5-19-13(10)23-6)12(22)20-8-3-2-7(4-17-8)24-14(15)16/h2-5,14H,1H3,(H,17,20,22)(H,18,19,21). The fourth-order valence-corrected chi connectivity index (χ4v) is 2.13. The number of furan rings is 1. The number of hydrogen-bond donors (Lipinski definition) is 2. The third-order valence-electron chi connectivity index (χ3n) is 3.10. The average Bonchev–Trinajstić information content (AvgIpc) is 2.86. The second-order valence-corrected chi connectivity index (χ2v) is 4.66. The first-order valence-electron chi connectivity index (χ1n) is 6.64. The number of aryl methyl sites for hydroxylation is 1. The van der Waals surface area contributed by atoms with Crippen LogP contribution in [0.1, 0.15) is 16.1 Å². The molecule has 3 aromatic rings. The number of hydrogen-bond acceptors (Lipinski definition) is 6. The minimum atomic E-state index is -2.97. The minimum Gasteiger partial charge on any atom is -0.442 e. The van der Waals surface area contributed by atoms with Crippen molar-refractivity contribution in [3.8, 4) is 5.75 Å². The van der Waals surface area contributed by atoms with Crippen LogP contribution in [0.2, 0.25) is 0 Å². The maximum Gasteiger partial charge on any atom is 0.387 e. The Morgan fingerprint density at radius 3 is 2.83 bits per heavy atom. The molecular formula is C14H10F2N4O4. The number of halogens is 2. The summed E-state index contributed by atoms with van der Waals surface area (Å²) in [4.78, 5) is 34.3. The zero-order valence-electron chi connectivity index (χ0n) is 12.2. The fraction of sp³-hybridized carbons (Fsp3) is 0.143. The summed E-state index contributed by atoms with van der Waals surface area (Å²) < 4.78 is 33.6. The molecule has 124 valence electrons. The van der Waals surface area contributed by atoms with E-state index in [4.69, 9.17) is 4.42 Å². The number of alkyl halides is 2. The van der Waals surface area contributed by atoms with Gasteiger partial charge < -0.3 is 19.5 Å². The van der Waals surface area contributed by atoms with Crippen molar-refractivity contribution in [3.05, 3.63) is 46.3 Å². The lowest BCUT2D eigenvalue weighted by atomic mass is 10.2. The van der Waals surface area contributed by atoms with Crippen molar-refractivity contribution in [3.63, 3.8) is 0 Å². The van der Waals surface area contributed by atoms with Crippen LogP contribution >= 0.6 is 0 Å². The lowest BCUT2D eigenvalue weighted by molar-refractivity contribution is -0.0500. The summed E-state index contributed by atoms with van der Waals surface area (Å²) in [6.45, 7) is -1.45. The molecule has 24 heavy (non-hydrogen) atoms. The number of aromatic amines is 1. The third-order valence-corrected chi connectivity index (χ3v) is 3.10. The minimum absolute atomic E-state index is 0.0187. The Kier molecular flexibility index (Phi) is 3.94. The van der Waals surface area contributed by atoms with Crippen LogP contribution in [0.15, 0.2) is 33.9 Å². The Bertz CT molecular complexity index is 950. The van der Waals surface area contributed by atoms with Gasteiger partial charge in [-0.25, -0.2) is 9.97 Å². The van der Waals surface area contributed by atoms with Crippen molar-refractivity contribution >= 4 is 22.8 Å². The quantitative estimate of drug-likeness (QED) is 0.755. The van der Waals surface area contributed by atoms with Crippen LogP contribution in [0.4, 0.5) is 14.6 Å². The highest BCUT2D eigenvalue weighted by molar-refractivity contribution is 6.12. The van der Waals surface area contributed by atoms with Gasteiger partial charge in [0.1, 0.15) is 22.7 Å². The maximum absolute atomic E-state index is 12.4. The van der Waals surface area contributed by atoms with E-state index in [9.17, 15) is 18.4 Å². The lowest BCUT2D eigenvalue weighted by Gasteiger charge is -2.06. The molecule has 0 radical (unpaired) electrons. The molecule has 0 atom stereocenters. The molecule has 0 bridgehead atoms. The highest BCUT2D eigenvalue weighted by Crippen LogP contribution is 2.22. The van der Waals surface area contributed by atoms with E-state index in [2.05, 4.69) is 25.0 Å². The molecule has 0 aromatic carbocycles. The molecule has 0 aliphatic carbocycles. The Labute approximate surface area is 132 Å². The summed E-state index contributed by atoms with van der Waals surface area (Å²) in [6.07, 6.45) is 2.20. The number of carbonyl (C=O) groups excluding carboxylic acids is 1. The SMILES string of the molecule is Cc1oc2nc[nH]c(=O)c2c1C(=O)Nc1ccc(OC(F)F)cn1. The van der Waals surface area contributed by atoms with Gasteiger partial charge in [0, 0.05) is 0 Å². The summed E-state index contributed by atoms with van der Waals surface area (Å²) in [7, 11) is 0. The number of fused-ring (bicyclic) bond motifs is 1. The second kappa shape index (κ2) is 6.07. The molecule has 0 fully saturated rings. The number of nitrogens with one attached hydrogen (secondary N) is 2. The molecule has 0 saturated carbocycles. The van der Waals surface area contributed by atoms with Crippen LogP contribution in [-0.2, 0) is 0 Å². The van der Waals surface area contributed by atoms with E-state index >= 15 is 0 Å². The van der Waals surface area contributed by atoms with E-state index in [0.29, 0.717) is 0 Å². The van der Waals surface area contributed by atoms with Gasteiger partial charge in [-0.15, -0.1) is 0 Å². The van der Waals surface area contributed by atoms with Gasteiger partial charge in [-0.2, -0.15) is 8.78 Å². The van der Waals surface area contributed by atoms with Gasteiger partial charge in [0.25, 0.3) is 11.5 Å². The summed E-state index contributed by atoms with van der Waals surface area (Å²) >= 11 is 0. The normalized spacial score (nSPS) is 11.0. The van der Waals surface area contributed by atoms with Gasteiger partial charge in [0.15, 0.2) is 0 Å². The fourth-order valence-electron chi connectivity index (χ4n) is 2.13. The van der Waals surface area contributed by atoms with Gasteiger partial charge in [-0.05, 0) is 19.1 Å². The van der Waals surface area contributed by atoms with Crippen molar-refractivity contribution in [1.82, 2.24) is 15.0 Å². The van der Waals surface area contributed by atoms with E-state index in [1.54, 1.807) is 0 Å². The Balaban J connectivity index is 1.88. The van der Waals surface area contributed by atoms with E-state index in [0.717, 1.165) is 6.20 Å². The van der Waals surface area contributed by atoms with Gasteiger partial charge in [-0.3, -0.25) is 9.59 Å². The largest absolute Gasteiger partial charge is 0.442 e. The van der Waals surface area contributed by atoms with Gasteiger partial charge >= 0.3 is 6.61 Å². The van der Waals surface area contributed by atoms with Crippen LogP contribution < -0.4 is 15.6 Å². The number of nitrogens with zero attached hydrogens (tertiary/aromatic N) is 2. The van der Waals surface area contributed by atoms with Crippen LogP contribution in [0, 0.1) is 6.92 Å². The second-order valence-electron chi connectivity index (χ2n) is 4.66. The smallest absolute Gasteiger partial charge is 0.387 e. The molecule has 10 heteroatoms. The molecule has 0 aliphatic rings. The van der Waals surface area contributed by atoms with Crippen LogP contribution in [0.25, 0.3) is 11.1 Å². The lowest BCUT2D eigenvalue weighted by Crippen LogP contribution is -2.17. The summed E-state index contributed by atoms with van der Waals surface area (Å²) in [5.74, 6) is -0.478. The molecule has 0 saturated heterocycles. The number of amides is 1. The number of anilines is 1. The molecule has 3 heterocycles. The van der Waals surface area contributed by atoms with Crippen molar-refractivity contribution in [2.45, 2.75) is 13.5 Å². The average molecular weight is 336 g/mol. The molecule has 0 spiro atoms. The Morgan fingerprint density at radius 1 is 1.38 bits per heavy atom. The molecule has 0 aliphatic heterocycles. The van der Waals surface area contributed by atoms with Crippen LogP contribution in [0.5, 0.6) is 5.75 Å². The molecule has 2 N–H and O–H groups in total. The third kappa shape index (κ3) is 2.93. The zero-order chi connectivity index (χ0) is 17.3. The topological polar surface area (TPSA) is 110 Å². The first kappa shape index (κ1) is 15.6. The highest BCUT2D eigenvalue weighted by Gasteiger charge is 2.22. The predicted octanol–water partition coefficient (Wildman–Crippen LogP) is 2.07. The number of rotatable bonds is 4. The van der Waals surface area contributed by atoms with Gasteiger partial charge in [0.05, 0.1) is 18.1 Å². The van der Waals surface area contributed by atoms with Crippen LogP contribution in [0.3, 0.4) is 0 Å². The number of aromatic nitrogens is 3. The highest BCUT2D eigenvalue weighted by atomic mass is 19.3. The summed E-state index contributed by atoms with van der Waals surface area (Å²) in [5.41, 5.74) is -0.459. The summed E-state index contributed by atoms with van der Waals surface area (Å²) in [6, 6.07) is 2.51. The first-order chi connectivity index (χ1) is 11.5. The van der Waals surface area contributed by atoms with E-state index in [-0.39, 0.29) is 34.0 Å². The first-order valence-corrected chi connectivity index (χ1v) is 6.64. The number of H-pyrrole nitrogens is 1. The van der Waals surface area contributed by atoms with Crippen molar-refractivity contribution in [2.75, 3.05) is 5.32 Å². The molecule has 8 nitrogen and oxygen atoms in total. The van der Waals surface area contributed by atoms with Gasteiger partial charge in [-0.1, -0.05) is 0 Å². The van der Waals surface area contributed by atoms with Gasteiger partial charge in [0.2, 0.25) is 5.71 Å². The summed E-state index contributed by atoms with van der Waals surface area (Å²) in [5, 5.41) is 2.47. The van der Waals surface area contributed by atoms with E-state index < -0.39 is 18.1 Å². The number of carbonyl (C=O) groups is 1.